The Kier molecular flexibility index (Phi) is 2.92. The molecule has 1 atom stereocenters. The summed E-state index contributed by atoms with van der Waals surface area (Å²) in [7, 11) is 0. The minimum Gasteiger partial charge on any atom is -0.444 e. The Morgan fingerprint density at radius 3 is 2.47 bits per heavy atom. The Morgan fingerprint density at radius 2 is 1.94 bits per heavy atom. The van der Waals surface area contributed by atoms with Gasteiger partial charge in [-0.25, -0.2) is 4.79 Å². The summed E-state index contributed by atoms with van der Waals surface area (Å²) in [4.78, 5) is 25.8. The molecule has 1 spiro atoms. The summed E-state index contributed by atoms with van der Waals surface area (Å²) in [6.07, 6.45) is 3.71. The van der Waals surface area contributed by atoms with Crippen molar-refractivity contribution in [2.75, 3.05) is 6.54 Å². The molecule has 1 heterocycles. The van der Waals surface area contributed by atoms with E-state index in [1.54, 1.807) is 4.90 Å². The first-order valence-electron chi connectivity index (χ1n) is 6.39. The van der Waals surface area contributed by atoms with Gasteiger partial charge >= 0.3 is 6.09 Å². The van der Waals surface area contributed by atoms with Gasteiger partial charge in [0.2, 0.25) is 0 Å². The second-order valence-corrected chi connectivity index (χ2v) is 6.04. The predicted molar refractivity (Wildman–Crippen MR) is 63.8 cm³/mol. The minimum absolute atomic E-state index is 0.223. The van der Waals surface area contributed by atoms with Crippen molar-refractivity contribution in [3.8, 4) is 0 Å². The molecule has 1 aliphatic carbocycles. The smallest absolute Gasteiger partial charge is 0.411 e. The van der Waals surface area contributed by atoms with E-state index in [0.29, 0.717) is 13.0 Å². The van der Waals surface area contributed by atoms with Crippen LogP contribution < -0.4 is 0 Å². The van der Waals surface area contributed by atoms with Crippen molar-refractivity contribution < 1.29 is 14.3 Å². The summed E-state index contributed by atoms with van der Waals surface area (Å²) >= 11 is 0. The van der Waals surface area contributed by atoms with Crippen LogP contribution in [0.4, 0.5) is 4.79 Å². The highest BCUT2D eigenvalue weighted by atomic mass is 16.6. The molecule has 0 radical (unpaired) electrons. The molecule has 4 nitrogen and oxygen atoms in total. The van der Waals surface area contributed by atoms with E-state index >= 15 is 0 Å². The zero-order chi connectivity index (χ0) is 12.7. The van der Waals surface area contributed by atoms with E-state index < -0.39 is 11.1 Å². The van der Waals surface area contributed by atoms with Gasteiger partial charge in [-0.3, -0.25) is 9.69 Å². The summed E-state index contributed by atoms with van der Waals surface area (Å²) in [5.74, 6) is 0.223. The molecule has 2 aliphatic rings. The lowest BCUT2D eigenvalue weighted by Crippen LogP contribution is -2.51. The Bertz CT molecular complexity index is 341. The van der Waals surface area contributed by atoms with E-state index in [0.717, 1.165) is 25.7 Å². The fourth-order valence-corrected chi connectivity index (χ4v) is 2.93. The van der Waals surface area contributed by atoms with E-state index in [9.17, 15) is 9.59 Å². The van der Waals surface area contributed by atoms with Gasteiger partial charge in [0.15, 0.2) is 5.78 Å². The second-order valence-electron chi connectivity index (χ2n) is 6.04. The highest BCUT2D eigenvalue weighted by Gasteiger charge is 2.52. The molecular weight excluding hydrogens is 218 g/mol. The van der Waals surface area contributed by atoms with Crippen LogP contribution in [-0.2, 0) is 9.53 Å². The zero-order valence-corrected chi connectivity index (χ0v) is 10.9. The minimum atomic E-state index is -0.525. The van der Waals surface area contributed by atoms with Gasteiger partial charge in [-0.1, -0.05) is 0 Å². The summed E-state index contributed by atoms with van der Waals surface area (Å²) < 4.78 is 5.39. The number of carbonyl (C=O) groups excluding carboxylic acids is 2. The Morgan fingerprint density at radius 1 is 1.29 bits per heavy atom. The fraction of sp³-hybridized carbons (Fsp3) is 0.846. The SMILES string of the molecule is CC(C)(C)OC(=O)N1CCC[C@]12CCCC2=O. The maximum Gasteiger partial charge on any atom is 0.411 e. The molecule has 0 N–H and O–H groups in total. The molecule has 17 heavy (non-hydrogen) atoms. The average Bonchev–Trinajstić information content (AvgIpc) is 2.74. The normalized spacial score (nSPS) is 29.1. The van der Waals surface area contributed by atoms with Gasteiger partial charge < -0.3 is 4.74 Å². The van der Waals surface area contributed by atoms with Crippen LogP contribution in [-0.4, -0.2) is 34.5 Å². The van der Waals surface area contributed by atoms with Gasteiger partial charge in [0, 0.05) is 13.0 Å². The molecule has 96 valence electrons. The number of hydrogen-bond acceptors (Lipinski definition) is 3. The van der Waals surface area contributed by atoms with Crippen LogP contribution in [0.2, 0.25) is 0 Å². The molecule has 1 saturated carbocycles. The van der Waals surface area contributed by atoms with Crippen molar-refractivity contribution in [1.29, 1.82) is 0 Å². The van der Waals surface area contributed by atoms with Crippen LogP contribution in [0.1, 0.15) is 52.9 Å². The van der Waals surface area contributed by atoms with Crippen LogP contribution in [0.3, 0.4) is 0 Å². The first-order chi connectivity index (χ1) is 7.85. The number of rotatable bonds is 0. The third-order valence-electron chi connectivity index (χ3n) is 3.62. The molecular formula is C13H21NO3. The summed E-state index contributed by atoms with van der Waals surface area (Å²) in [6.45, 7) is 6.21. The molecule has 2 rings (SSSR count). The van der Waals surface area contributed by atoms with Gasteiger partial charge in [0.1, 0.15) is 11.1 Å². The number of carbonyl (C=O) groups is 2. The lowest BCUT2D eigenvalue weighted by molar-refractivity contribution is -0.126. The average molecular weight is 239 g/mol. The summed E-state index contributed by atoms with van der Waals surface area (Å²) in [6, 6.07) is 0. The maximum atomic E-state index is 12.1. The Labute approximate surface area is 102 Å². The summed E-state index contributed by atoms with van der Waals surface area (Å²) in [5.41, 5.74) is -1.02. The van der Waals surface area contributed by atoms with Gasteiger partial charge in [0.05, 0.1) is 0 Å². The lowest BCUT2D eigenvalue weighted by Gasteiger charge is -2.34. The first-order valence-corrected chi connectivity index (χ1v) is 6.39. The van der Waals surface area contributed by atoms with Crippen LogP contribution in [0.25, 0.3) is 0 Å². The van der Waals surface area contributed by atoms with Crippen LogP contribution in [0.15, 0.2) is 0 Å². The highest BCUT2D eigenvalue weighted by Crippen LogP contribution is 2.41. The van der Waals surface area contributed by atoms with Gasteiger partial charge in [-0.2, -0.15) is 0 Å². The number of amides is 1. The third kappa shape index (κ3) is 2.17. The van der Waals surface area contributed by atoms with Crippen LogP contribution >= 0.6 is 0 Å². The predicted octanol–water partition coefficient (Wildman–Crippen LogP) is 2.51. The molecule has 2 fully saturated rings. The molecule has 1 saturated heterocycles. The van der Waals surface area contributed by atoms with E-state index in [-0.39, 0.29) is 11.9 Å². The fourth-order valence-electron chi connectivity index (χ4n) is 2.93. The maximum absolute atomic E-state index is 12.1. The van der Waals surface area contributed by atoms with Crippen molar-refractivity contribution in [2.45, 2.75) is 64.0 Å². The quantitative estimate of drug-likeness (QED) is 0.652. The number of nitrogens with zero attached hydrogens (tertiary/aromatic N) is 1. The Hall–Kier alpha value is -1.06. The van der Waals surface area contributed by atoms with E-state index in [1.807, 2.05) is 20.8 Å². The monoisotopic (exact) mass is 239 g/mol. The first kappa shape index (κ1) is 12.4. The molecule has 0 aromatic rings. The van der Waals surface area contributed by atoms with Crippen molar-refractivity contribution in [3.63, 3.8) is 0 Å². The molecule has 1 aliphatic heterocycles. The van der Waals surface area contributed by atoms with E-state index in [1.165, 1.54) is 0 Å². The van der Waals surface area contributed by atoms with Crippen molar-refractivity contribution >= 4 is 11.9 Å². The van der Waals surface area contributed by atoms with Gasteiger partial charge in [0.25, 0.3) is 0 Å². The zero-order valence-electron chi connectivity index (χ0n) is 10.9. The topological polar surface area (TPSA) is 46.6 Å². The van der Waals surface area contributed by atoms with Crippen molar-refractivity contribution in [1.82, 2.24) is 4.90 Å². The number of hydrogen-bond donors (Lipinski definition) is 0. The molecule has 0 unspecified atom stereocenters. The number of ether oxygens (including phenoxy) is 1. The summed E-state index contributed by atoms with van der Waals surface area (Å²) in [5, 5.41) is 0. The van der Waals surface area contributed by atoms with E-state index in [4.69, 9.17) is 4.74 Å². The van der Waals surface area contributed by atoms with Gasteiger partial charge in [-0.05, 0) is 46.5 Å². The second kappa shape index (κ2) is 4.00. The standard InChI is InChI=1S/C13H21NO3/c1-12(2,3)17-11(16)14-9-5-8-13(14)7-4-6-10(13)15/h4-9H2,1-3H3/t13-/m0/s1. The largest absolute Gasteiger partial charge is 0.444 e. The molecule has 0 aromatic carbocycles. The Balaban J connectivity index is 2.15. The van der Waals surface area contributed by atoms with Crippen LogP contribution in [0, 0.1) is 0 Å². The van der Waals surface area contributed by atoms with E-state index in [2.05, 4.69) is 0 Å². The number of Topliss-reactive ketones (excluding diaryl/α,β-unsaturated/α-hetero) is 1. The molecule has 0 aromatic heterocycles. The number of likely N-dealkylation sites (tertiary alicyclic amines) is 1. The van der Waals surface area contributed by atoms with Crippen molar-refractivity contribution in [3.05, 3.63) is 0 Å². The highest BCUT2D eigenvalue weighted by molar-refractivity contribution is 5.94. The third-order valence-corrected chi connectivity index (χ3v) is 3.62. The molecule has 4 heteroatoms. The lowest BCUT2D eigenvalue weighted by atomic mass is 9.93. The van der Waals surface area contributed by atoms with Crippen molar-refractivity contribution in [2.24, 2.45) is 0 Å². The van der Waals surface area contributed by atoms with Crippen LogP contribution in [0.5, 0.6) is 0 Å². The van der Waals surface area contributed by atoms with Gasteiger partial charge in [-0.15, -0.1) is 0 Å². The molecule has 0 bridgehead atoms. The molecule has 1 amide bonds. The number of ketones is 1.